The lowest BCUT2D eigenvalue weighted by molar-refractivity contribution is 0.101. The molecule has 1 N–H and O–H groups in total. The van der Waals surface area contributed by atoms with Crippen molar-refractivity contribution in [3.63, 3.8) is 0 Å². The normalized spacial score (nSPS) is 14.1. The van der Waals surface area contributed by atoms with Gasteiger partial charge in [0.1, 0.15) is 5.75 Å². The molecule has 0 fully saturated rings. The number of hydrogen-bond acceptors (Lipinski definition) is 3. The Labute approximate surface area is 173 Å². The Morgan fingerprint density at radius 1 is 1.07 bits per heavy atom. The van der Waals surface area contributed by atoms with Gasteiger partial charge < -0.3 is 10.1 Å². The first kappa shape index (κ1) is 20.4. The summed E-state index contributed by atoms with van der Waals surface area (Å²) >= 11 is 0. The zero-order valence-corrected chi connectivity index (χ0v) is 17.5. The van der Waals surface area contributed by atoms with Crippen LogP contribution in [-0.2, 0) is 0 Å². The molecule has 0 saturated heterocycles. The molecular formula is C26H27NO2. The molecule has 0 radical (unpaired) electrons. The predicted octanol–water partition coefficient (Wildman–Crippen LogP) is 5.98. The fraction of sp³-hybridized carbons (Fsp3) is 0.192. The topological polar surface area (TPSA) is 38.3 Å². The van der Waals surface area contributed by atoms with Gasteiger partial charge in [-0.3, -0.25) is 4.79 Å². The summed E-state index contributed by atoms with van der Waals surface area (Å²) in [5, 5.41) is 3.19. The van der Waals surface area contributed by atoms with Crippen LogP contribution < -0.4 is 10.1 Å². The highest BCUT2D eigenvalue weighted by Crippen LogP contribution is 2.35. The minimum Gasteiger partial charge on any atom is -0.494 e. The number of hydrogen-bond donors (Lipinski definition) is 1. The first-order valence-corrected chi connectivity index (χ1v) is 9.81. The Morgan fingerprint density at radius 2 is 1.76 bits per heavy atom. The van der Waals surface area contributed by atoms with Gasteiger partial charge in [0.05, 0.1) is 6.61 Å². The van der Waals surface area contributed by atoms with Gasteiger partial charge in [0, 0.05) is 23.0 Å². The summed E-state index contributed by atoms with van der Waals surface area (Å²) < 4.78 is 5.61. The molecule has 3 heteroatoms. The van der Waals surface area contributed by atoms with E-state index in [2.05, 4.69) is 44.0 Å². The SMILES string of the molecule is C=C1NC=CC=C1/C(C)=C(\c1ccc(OCC)cc1)c1cc(C(C)=O)ccc1C. The van der Waals surface area contributed by atoms with Crippen molar-refractivity contribution in [1.29, 1.82) is 0 Å². The number of nitrogens with one attached hydrogen (secondary N) is 1. The average Bonchev–Trinajstić information content (AvgIpc) is 2.71. The van der Waals surface area contributed by atoms with Crippen molar-refractivity contribution in [3.05, 3.63) is 106 Å². The molecule has 0 atom stereocenters. The first-order valence-electron chi connectivity index (χ1n) is 9.81. The van der Waals surface area contributed by atoms with Crippen LogP contribution in [0.1, 0.15) is 47.8 Å². The van der Waals surface area contributed by atoms with Gasteiger partial charge >= 0.3 is 0 Å². The maximum absolute atomic E-state index is 12.0. The Balaban J connectivity index is 2.25. The number of ketones is 1. The molecule has 3 nitrogen and oxygen atoms in total. The standard InChI is InChI=1S/C26H27NO2/c1-6-29-23-13-11-21(12-14-23)26(18(3)24-8-7-15-27-19(24)4)25-16-22(20(5)28)10-9-17(25)2/h7-16,27H,4,6H2,1-3,5H3/b26-18+. The lowest BCUT2D eigenvalue weighted by Gasteiger charge is -2.21. The third kappa shape index (κ3) is 4.40. The molecule has 3 rings (SSSR count). The number of dihydropyridines is 1. The fourth-order valence-corrected chi connectivity index (χ4v) is 3.53. The minimum atomic E-state index is 0.0563. The Kier molecular flexibility index (Phi) is 6.18. The summed E-state index contributed by atoms with van der Waals surface area (Å²) in [6, 6.07) is 14.0. The van der Waals surface area contributed by atoms with Gasteiger partial charge in [-0.25, -0.2) is 0 Å². The lowest BCUT2D eigenvalue weighted by Crippen LogP contribution is -2.11. The maximum atomic E-state index is 12.0. The third-order valence-electron chi connectivity index (χ3n) is 5.09. The molecule has 0 unspecified atom stereocenters. The monoisotopic (exact) mass is 385 g/mol. The van der Waals surface area contributed by atoms with Crippen LogP contribution in [0.15, 0.2) is 84.2 Å². The molecule has 148 valence electrons. The molecule has 0 bridgehead atoms. The summed E-state index contributed by atoms with van der Waals surface area (Å²) in [6.45, 7) is 12.5. The van der Waals surface area contributed by atoms with E-state index in [1.807, 2.05) is 49.5 Å². The molecule has 0 amide bonds. The Bertz CT molecular complexity index is 1040. The van der Waals surface area contributed by atoms with Crippen LogP contribution in [0.2, 0.25) is 0 Å². The van der Waals surface area contributed by atoms with Crippen LogP contribution in [0.3, 0.4) is 0 Å². The highest BCUT2D eigenvalue weighted by atomic mass is 16.5. The number of allylic oxidation sites excluding steroid dienone is 3. The molecule has 29 heavy (non-hydrogen) atoms. The van der Waals surface area contributed by atoms with Crippen LogP contribution in [0.4, 0.5) is 0 Å². The lowest BCUT2D eigenvalue weighted by atomic mass is 9.86. The van der Waals surface area contributed by atoms with E-state index in [9.17, 15) is 4.79 Å². The summed E-state index contributed by atoms with van der Waals surface area (Å²) in [5.41, 5.74) is 8.01. The van der Waals surface area contributed by atoms with E-state index in [-0.39, 0.29) is 5.78 Å². The number of ether oxygens (including phenoxy) is 1. The van der Waals surface area contributed by atoms with Gasteiger partial charge in [0.2, 0.25) is 0 Å². The van der Waals surface area contributed by atoms with Crippen LogP contribution in [0.5, 0.6) is 5.75 Å². The van der Waals surface area contributed by atoms with Crippen LogP contribution in [-0.4, -0.2) is 12.4 Å². The van der Waals surface area contributed by atoms with Crippen LogP contribution in [0.25, 0.3) is 5.57 Å². The molecule has 2 aromatic carbocycles. The first-order chi connectivity index (χ1) is 13.9. The minimum absolute atomic E-state index is 0.0563. The van der Waals surface area contributed by atoms with E-state index in [0.29, 0.717) is 12.2 Å². The smallest absolute Gasteiger partial charge is 0.159 e. The van der Waals surface area contributed by atoms with Crippen molar-refractivity contribution in [3.8, 4) is 5.75 Å². The molecule has 1 heterocycles. The second-order valence-electron chi connectivity index (χ2n) is 7.11. The third-order valence-corrected chi connectivity index (χ3v) is 5.09. The van der Waals surface area contributed by atoms with Gasteiger partial charge in [-0.05, 0) is 79.8 Å². The van der Waals surface area contributed by atoms with Crippen LogP contribution >= 0.6 is 0 Å². The zero-order chi connectivity index (χ0) is 21.0. The molecule has 0 aromatic heterocycles. The predicted molar refractivity (Wildman–Crippen MR) is 120 cm³/mol. The van der Waals surface area contributed by atoms with E-state index in [0.717, 1.165) is 44.9 Å². The van der Waals surface area contributed by atoms with Crippen molar-refractivity contribution in [2.75, 3.05) is 6.61 Å². The van der Waals surface area contributed by atoms with Crippen LogP contribution in [0, 0.1) is 6.92 Å². The van der Waals surface area contributed by atoms with E-state index < -0.39 is 0 Å². The highest BCUT2D eigenvalue weighted by molar-refractivity contribution is 5.96. The van der Waals surface area contributed by atoms with E-state index in [4.69, 9.17) is 4.74 Å². The van der Waals surface area contributed by atoms with Gasteiger partial charge in [-0.1, -0.05) is 36.9 Å². The van der Waals surface area contributed by atoms with Crippen molar-refractivity contribution < 1.29 is 9.53 Å². The van der Waals surface area contributed by atoms with Crippen molar-refractivity contribution >= 4 is 11.4 Å². The summed E-state index contributed by atoms with van der Waals surface area (Å²) in [7, 11) is 0. The van der Waals surface area contributed by atoms with Crippen molar-refractivity contribution in [2.24, 2.45) is 0 Å². The molecule has 0 spiro atoms. The van der Waals surface area contributed by atoms with Gasteiger partial charge in [-0.15, -0.1) is 0 Å². The van der Waals surface area contributed by atoms with E-state index in [1.165, 1.54) is 0 Å². The Morgan fingerprint density at radius 3 is 2.38 bits per heavy atom. The number of carbonyl (C=O) groups excluding carboxylic acids is 1. The maximum Gasteiger partial charge on any atom is 0.159 e. The Hall–Kier alpha value is -3.33. The summed E-state index contributed by atoms with van der Waals surface area (Å²) in [4.78, 5) is 12.0. The number of aryl methyl sites for hydroxylation is 1. The quantitative estimate of drug-likeness (QED) is 0.622. The highest BCUT2D eigenvalue weighted by Gasteiger charge is 2.17. The molecule has 1 aliphatic rings. The summed E-state index contributed by atoms with van der Waals surface area (Å²) in [5.74, 6) is 0.897. The second-order valence-corrected chi connectivity index (χ2v) is 7.11. The van der Waals surface area contributed by atoms with Crippen molar-refractivity contribution in [1.82, 2.24) is 5.32 Å². The van der Waals surface area contributed by atoms with E-state index in [1.54, 1.807) is 6.92 Å². The van der Waals surface area contributed by atoms with Crippen molar-refractivity contribution in [2.45, 2.75) is 27.7 Å². The molecule has 0 aliphatic carbocycles. The number of benzene rings is 2. The van der Waals surface area contributed by atoms with Gasteiger partial charge in [0.25, 0.3) is 0 Å². The average molecular weight is 386 g/mol. The number of rotatable bonds is 6. The number of carbonyl (C=O) groups is 1. The fourth-order valence-electron chi connectivity index (χ4n) is 3.53. The summed E-state index contributed by atoms with van der Waals surface area (Å²) in [6.07, 6.45) is 5.91. The zero-order valence-electron chi connectivity index (χ0n) is 17.5. The largest absolute Gasteiger partial charge is 0.494 e. The second kappa shape index (κ2) is 8.78. The molecule has 1 aliphatic heterocycles. The molecular weight excluding hydrogens is 358 g/mol. The van der Waals surface area contributed by atoms with Gasteiger partial charge in [0.15, 0.2) is 5.78 Å². The molecule has 0 saturated carbocycles. The van der Waals surface area contributed by atoms with E-state index >= 15 is 0 Å². The molecule has 2 aromatic rings. The number of Topliss-reactive ketones (excluding diaryl/α,β-unsaturated/α-hetero) is 1. The van der Waals surface area contributed by atoms with Gasteiger partial charge in [-0.2, -0.15) is 0 Å².